The van der Waals surface area contributed by atoms with Gasteiger partial charge in [0.1, 0.15) is 0 Å². The highest BCUT2D eigenvalue weighted by molar-refractivity contribution is 7.80. The molecule has 1 heterocycles. The Kier molecular flexibility index (Phi) is 5.73. The molecule has 0 saturated carbocycles. The fraction of sp³-hybridized carbons (Fsp3) is 0.667. The maximum absolute atomic E-state index is 5.10. The van der Waals surface area contributed by atoms with Crippen molar-refractivity contribution in [3.63, 3.8) is 0 Å². The van der Waals surface area contributed by atoms with E-state index < -0.39 is 0 Å². The van der Waals surface area contributed by atoms with Crippen LogP contribution in [0.15, 0.2) is 10.9 Å². The van der Waals surface area contributed by atoms with Gasteiger partial charge in [-0.2, -0.15) is 4.98 Å². The predicted molar refractivity (Wildman–Crippen MR) is 63.1 cm³/mol. The lowest BCUT2D eigenvalue weighted by atomic mass is 10.4. The summed E-state index contributed by atoms with van der Waals surface area (Å²) >= 11 is 5.10. The van der Waals surface area contributed by atoms with Gasteiger partial charge in [0.2, 0.25) is 6.39 Å². The first-order valence-corrected chi connectivity index (χ1v) is 5.41. The van der Waals surface area contributed by atoms with Gasteiger partial charge in [0.05, 0.1) is 6.61 Å². The highest BCUT2D eigenvalue weighted by atomic mass is 32.1. The third kappa shape index (κ3) is 5.04. The Bertz CT molecular complexity index is 304. The summed E-state index contributed by atoms with van der Waals surface area (Å²) in [5.41, 5.74) is 0. The van der Waals surface area contributed by atoms with Gasteiger partial charge in [0, 0.05) is 26.1 Å². The van der Waals surface area contributed by atoms with E-state index >= 15 is 0 Å². The summed E-state index contributed by atoms with van der Waals surface area (Å²) in [5.74, 6) is 0.667. The van der Waals surface area contributed by atoms with Crippen LogP contribution in [-0.2, 0) is 11.2 Å². The van der Waals surface area contributed by atoms with Gasteiger partial charge in [-0.15, -0.1) is 0 Å². The Balaban J connectivity index is 2.10. The fourth-order valence-electron chi connectivity index (χ4n) is 1.16. The zero-order chi connectivity index (χ0) is 11.8. The van der Waals surface area contributed by atoms with Gasteiger partial charge in [0.15, 0.2) is 10.9 Å². The normalized spacial score (nSPS) is 12.1. The molecule has 0 bridgehead atoms. The molecule has 0 aliphatic rings. The lowest BCUT2D eigenvalue weighted by Gasteiger charge is -2.15. The van der Waals surface area contributed by atoms with Crippen molar-refractivity contribution < 1.29 is 9.26 Å². The van der Waals surface area contributed by atoms with E-state index in [-0.39, 0.29) is 6.04 Å². The number of thiocarbonyl (C=S) groups is 1. The van der Waals surface area contributed by atoms with Gasteiger partial charge in [-0.1, -0.05) is 5.16 Å². The van der Waals surface area contributed by atoms with Crippen LogP contribution in [0.25, 0.3) is 0 Å². The smallest absolute Gasteiger partial charge is 0.213 e. The molecule has 1 unspecified atom stereocenters. The number of nitrogens with one attached hydrogen (secondary N) is 2. The van der Waals surface area contributed by atoms with E-state index in [9.17, 15) is 0 Å². The first-order valence-electron chi connectivity index (χ1n) is 5.01. The third-order valence-electron chi connectivity index (χ3n) is 1.84. The van der Waals surface area contributed by atoms with Crippen LogP contribution in [-0.4, -0.2) is 41.6 Å². The molecule has 0 aromatic carbocycles. The standard InChI is InChI=1S/C9H16N4O2S/c1-7(5-14-2)12-9(16)10-4-3-8-11-6-15-13-8/h6-7H,3-5H2,1-2H3,(H2,10,12,16). The minimum Gasteiger partial charge on any atom is -0.383 e. The SMILES string of the molecule is COCC(C)NC(=S)NCCc1ncon1. The number of aromatic nitrogens is 2. The maximum Gasteiger partial charge on any atom is 0.213 e. The topological polar surface area (TPSA) is 72.2 Å². The Morgan fingerprint density at radius 1 is 1.69 bits per heavy atom. The van der Waals surface area contributed by atoms with Crippen molar-refractivity contribution >= 4 is 17.3 Å². The number of rotatable bonds is 6. The van der Waals surface area contributed by atoms with Crippen LogP contribution in [0.3, 0.4) is 0 Å². The van der Waals surface area contributed by atoms with E-state index in [1.807, 2.05) is 6.92 Å². The van der Waals surface area contributed by atoms with Gasteiger partial charge in [-0.25, -0.2) is 0 Å². The zero-order valence-corrected chi connectivity index (χ0v) is 10.2. The monoisotopic (exact) mass is 244 g/mol. The van der Waals surface area contributed by atoms with E-state index in [1.54, 1.807) is 7.11 Å². The number of methoxy groups -OCH3 is 1. The fourth-order valence-corrected chi connectivity index (χ4v) is 1.46. The van der Waals surface area contributed by atoms with Crippen molar-refractivity contribution in [3.8, 4) is 0 Å². The molecule has 0 fully saturated rings. The van der Waals surface area contributed by atoms with Crippen LogP contribution in [0.1, 0.15) is 12.7 Å². The molecular formula is C9H16N4O2S. The summed E-state index contributed by atoms with van der Waals surface area (Å²) in [4.78, 5) is 3.90. The molecule has 2 N–H and O–H groups in total. The number of nitrogens with zero attached hydrogens (tertiary/aromatic N) is 2. The van der Waals surface area contributed by atoms with Crippen molar-refractivity contribution in [1.82, 2.24) is 20.8 Å². The van der Waals surface area contributed by atoms with Crippen LogP contribution >= 0.6 is 12.2 Å². The Morgan fingerprint density at radius 2 is 2.50 bits per heavy atom. The second-order valence-electron chi connectivity index (χ2n) is 3.35. The summed E-state index contributed by atoms with van der Waals surface area (Å²) in [5, 5.41) is 10.4. The van der Waals surface area contributed by atoms with Crippen LogP contribution < -0.4 is 10.6 Å². The summed E-state index contributed by atoms with van der Waals surface area (Å²) in [7, 11) is 1.66. The van der Waals surface area contributed by atoms with Gasteiger partial charge in [-0.05, 0) is 19.1 Å². The van der Waals surface area contributed by atoms with E-state index in [4.69, 9.17) is 17.0 Å². The Labute approximate surface area is 99.7 Å². The molecule has 1 rings (SSSR count). The molecule has 7 heteroatoms. The summed E-state index contributed by atoms with van der Waals surface area (Å²) in [6.07, 6.45) is 1.99. The van der Waals surface area contributed by atoms with E-state index in [0.29, 0.717) is 30.5 Å². The van der Waals surface area contributed by atoms with Gasteiger partial charge < -0.3 is 19.9 Å². The van der Waals surface area contributed by atoms with Gasteiger partial charge >= 0.3 is 0 Å². The van der Waals surface area contributed by atoms with Crippen molar-refractivity contribution in [3.05, 3.63) is 12.2 Å². The van der Waals surface area contributed by atoms with Crippen molar-refractivity contribution in [2.24, 2.45) is 0 Å². The largest absolute Gasteiger partial charge is 0.383 e. The minimum atomic E-state index is 0.190. The third-order valence-corrected chi connectivity index (χ3v) is 2.10. The first kappa shape index (κ1) is 12.9. The average molecular weight is 244 g/mol. The molecule has 6 nitrogen and oxygen atoms in total. The molecule has 90 valence electrons. The van der Waals surface area contributed by atoms with Crippen molar-refractivity contribution in [1.29, 1.82) is 0 Å². The molecule has 0 saturated heterocycles. The van der Waals surface area contributed by atoms with Crippen LogP contribution in [0.2, 0.25) is 0 Å². The molecule has 1 aromatic rings. The van der Waals surface area contributed by atoms with Gasteiger partial charge in [-0.3, -0.25) is 0 Å². The second kappa shape index (κ2) is 7.13. The molecule has 0 aliphatic carbocycles. The molecule has 0 spiro atoms. The van der Waals surface area contributed by atoms with E-state index in [1.165, 1.54) is 6.39 Å². The number of hydrogen-bond acceptors (Lipinski definition) is 5. The number of hydrogen-bond donors (Lipinski definition) is 2. The average Bonchev–Trinajstić information content (AvgIpc) is 2.70. The van der Waals surface area contributed by atoms with Gasteiger partial charge in [0.25, 0.3) is 0 Å². The van der Waals surface area contributed by atoms with Crippen LogP contribution in [0.5, 0.6) is 0 Å². The highest BCUT2D eigenvalue weighted by Crippen LogP contribution is 1.88. The van der Waals surface area contributed by atoms with Crippen LogP contribution in [0, 0.1) is 0 Å². The van der Waals surface area contributed by atoms with Crippen LogP contribution in [0.4, 0.5) is 0 Å². The summed E-state index contributed by atoms with van der Waals surface area (Å²) < 4.78 is 9.60. The van der Waals surface area contributed by atoms with Crippen molar-refractivity contribution in [2.75, 3.05) is 20.3 Å². The second-order valence-corrected chi connectivity index (χ2v) is 3.76. The molecule has 0 aliphatic heterocycles. The lowest BCUT2D eigenvalue weighted by Crippen LogP contribution is -2.43. The first-order chi connectivity index (χ1) is 7.72. The quantitative estimate of drug-likeness (QED) is 0.688. The van der Waals surface area contributed by atoms with Crippen molar-refractivity contribution in [2.45, 2.75) is 19.4 Å². The Morgan fingerprint density at radius 3 is 3.12 bits per heavy atom. The Hall–Kier alpha value is -1.21. The molecule has 1 aromatic heterocycles. The molecule has 16 heavy (non-hydrogen) atoms. The summed E-state index contributed by atoms with van der Waals surface area (Å²) in [6.45, 7) is 3.29. The molecule has 0 amide bonds. The predicted octanol–water partition coefficient (Wildman–Crippen LogP) is 0.111. The minimum absolute atomic E-state index is 0.190. The molecular weight excluding hydrogens is 228 g/mol. The highest BCUT2D eigenvalue weighted by Gasteiger charge is 2.03. The molecule has 1 atom stereocenters. The molecule has 0 radical (unpaired) electrons. The number of ether oxygens (including phenoxy) is 1. The maximum atomic E-state index is 5.10. The summed E-state index contributed by atoms with van der Waals surface area (Å²) in [6, 6.07) is 0.190. The van der Waals surface area contributed by atoms with E-state index in [0.717, 1.165) is 0 Å². The van der Waals surface area contributed by atoms with E-state index in [2.05, 4.69) is 25.3 Å². The lowest BCUT2D eigenvalue weighted by molar-refractivity contribution is 0.179. The zero-order valence-electron chi connectivity index (χ0n) is 9.40.